The van der Waals surface area contributed by atoms with E-state index in [2.05, 4.69) is 12.1 Å². The highest BCUT2D eigenvalue weighted by atomic mass is 32.2. The Hall–Kier alpha value is -1.49. The molecule has 0 saturated carbocycles. The number of carbonyl (C=O) groups is 2. The molecular weight excluding hydrogens is 286 g/mol. The minimum Gasteiger partial charge on any atom is -0.481 e. The number of likely N-dealkylation sites (tertiary alicyclic amines) is 1. The number of nitrogens with zero attached hydrogens (tertiary/aromatic N) is 1. The summed E-state index contributed by atoms with van der Waals surface area (Å²) in [5.74, 6) is 0.615. The third-order valence-electron chi connectivity index (χ3n) is 3.71. The molecule has 2 rings (SSSR count). The summed E-state index contributed by atoms with van der Waals surface area (Å²) < 4.78 is 0. The van der Waals surface area contributed by atoms with E-state index < -0.39 is 5.97 Å². The second-order valence-electron chi connectivity index (χ2n) is 5.27. The lowest BCUT2D eigenvalue weighted by Crippen LogP contribution is -2.38. The smallest absolute Gasteiger partial charge is 0.305 e. The van der Waals surface area contributed by atoms with Gasteiger partial charge in [-0.1, -0.05) is 30.3 Å². The number of carbonyl (C=O) groups excluding carboxylic acids is 1. The van der Waals surface area contributed by atoms with E-state index in [4.69, 9.17) is 5.11 Å². The summed E-state index contributed by atoms with van der Waals surface area (Å²) in [5, 5.41) is 8.87. The maximum Gasteiger partial charge on any atom is 0.305 e. The third kappa shape index (κ3) is 5.08. The van der Waals surface area contributed by atoms with E-state index in [0.717, 1.165) is 25.0 Å². The van der Waals surface area contributed by atoms with Gasteiger partial charge in [-0.3, -0.25) is 9.59 Å². The summed E-state index contributed by atoms with van der Waals surface area (Å²) in [4.78, 5) is 24.7. The molecule has 114 valence electrons. The summed E-state index contributed by atoms with van der Waals surface area (Å²) >= 11 is 1.63. The Morgan fingerprint density at radius 1 is 1.29 bits per heavy atom. The van der Waals surface area contributed by atoms with Crippen LogP contribution in [0.4, 0.5) is 0 Å². The van der Waals surface area contributed by atoms with Gasteiger partial charge in [0.1, 0.15) is 0 Å². The number of aryl methyl sites for hydroxylation is 1. The van der Waals surface area contributed by atoms with Crippen LogP contribution in [0.2, 0.25) is 0 Å². The van der Waals surface area contributed by atoms with Crippen molar-refractivity contribution in [2.24, 2.45) is 0 Å². The number of carboxylic acid groups (broad SMARTS) is 1. The maximum absolute atomic E-state index is 12.2. The summed E-state index contributed by atoms with van der Waals surface area (Å²) in [6.45, 7) is 0.704. The van der Waals surface area contributed by atoms with Crippen molar-refractivity contribution in [3.8, 4) is 0 Å². The molecule has 1 heterocycles. The number of hydrogen-bond acceptors (Lipinski definition) is 3. The first kappa shape index (κ1) is 15.9. The average Bonchev–Trinajstić information content (AvgIpc) is 2.92. The van der Waals surface area contributed by atoms with Crippen molar-refractivity contribution >= 4 is 23.6 Å². The first-order valence-electron chi connectivity index (χ1n) is 7.30. The Bertz CT molecular complexity index is 478. The number of rotatable bonds is 7. The molecule has 1 N–H and O–H groups in total. The van der Waals surface area contributed by atoms with Gasteiger partial charge in [-0.15, -0.1) is 0 Å². The van der Waals surface area contributed by atoms with Crippen molar-refractivity contribution < 1.29 is 14.7 Å². The van der Waals surface area contributed by atoms with Gasteiger partial charge in [-0.25, -0.2) is 0 Å². The quantitative estimate of drug-likeness (QED) is 0.786. The van der Waals surface area contributed by atoms with Crippen molar-refractivity contribution in [2.75, 3.05) is 18.1 Å². The number of carboxylic acids is 1. The molecule has 0 aromatic heterocycles. The average molecular weight is 307 g/mol. The fourth-order valence-corrected chi connectivity index (χ4v) is 3.52. The zero-order chi connectivity index (χ0) is 15.1. The van der Waals surface area contributed by atoms with Crippen molar-refractivity contribution in [3.05, 3.63) is 35.9 Å². The van der Waals surface area contributed by atoms with Crippen molar-refractivity contribution in [1.29, 1.82) is 0 Å². The summed E-state index contributed by atoms with van der Waals surface area (Å²) in [6, 6.07) is 10.1. The summed E-state index contributed by atoms with van der Waals surface area (Å²) in [5.41, 5.74) is 1.28. The Balaban J connectivity index is 1.70. The van der Waals surface area contributed by atoms with Crippen molar-refractivity contribution in [2.45, 2.75) is 31.7 Å². The second kappa shape index (κ2) is 8.08. The van der Waals surface area contributed by atoms with Crippen LogP contribution in [0.15, 0.2) is 30.3 Å². The van der Waals surface area contributed by atoms with E-state index in [1.807, 2.05) is 18.2 Å². The van der Waals surface area contributed by atoms with Gasteiger partial charge in [0, 0.05) is 12.6 Å². The minimum absolute atomic E-state index is 0.0699. The van der Waals surface area contributed by atoms with Gasteiger partial charge in [0.15, 0.2) is 0 Å². The number of thioether (sulfide) groups is 1. The molecule has 0 radical (unpaired) electrons. The zero-order valence-corrected chi connectivity index (χ0v) is 12.8. The van der Waals surface area contributed by atoms with E-state index >= 15 is 0 Å². The van der Waals surface area contributed by atoms with Crippen LogP contribution in [0.5, 0.6) is 0 Å². The molecule has 1 aliphatic rings. The predicted octanol–water partition coefficient (Wildman–Crippen LogP) is 2.43. The van der Waals surface area contributed by atoms with Crippen LogP contribution in [0.1, 0.15) is 24.8 Å². The third-order valence-corrected chi connectivity index (χ3v) is 4.66. The van der Waals surface area contributed by atoms with Gasteiger partial charge in [0.2, 0.25) is 5.91 Å². The second-order valence-corrected chi connectivity index (χ2v) is 6.37. The highest BCUT2D eigenvalue weighted by molar-refractivity contribution is 7.99. The van der Waals surface area contributed by atoms with Crippen molar-refractivity contribution in [3.63, 3.8) is 0 Å². The molecule has 0 bridgehead atoms. The van der Waals surface area contributed by atoms with Gasteiger partial charge in [0.05, 0.1) is 12.2 Å². The highest BCUT2D eigenvalue weighted by Crippen LogP contribution is 2.21. The molecule has 1 atom stereocenters. The lowest BCUT2D eigenvalue weighted by atomic mass is 10.1. The lowest BCUT2D eigenvalue weighted by molar-refractivity contribution is -0.139. The fraction of sp³-hybridized carbons (Fsp3) is 0.500. The zero-order valence-electron chi connectivity index (χ0n) is 12.0. The number of aliphatic carboxylic acids is 1. The molecule has 4 nitrogen and oxygen atoms in total. The van der Waals surface area contributed by atoms with Gasteiger partial charge in [-0.05, 0) is 30.6 Å². The standard InChI is InChI=1S/C16H21NO3S/c18-15(17-9-4-7-14(17)11-16(19)20)12-21-10-8-13-5-2-1-3-6-13/h1-3,5-6,14H,4,7-12H2,(H,19,20). The Kier molecular flexibility index (Phi) is 6.11. The normalized spacial score (nSPS) is 17.9. The van der Waals surface area contributed by atoms with E-state index in [1.54, 1.807) is 16.7 Å². The van der Waals surface area contributed by atoms with Crippen LogP contribution in [0.3, 0.4) is 0 Å². The predicted molar refractivity (Wildman–Crippen MR) is 84.5 cm³/mol. The largest absolute Gasteiger partial charge is 0.481 e. The Morgan fingerprint density at radius 2 is 2.05 bits per heavy atom. The summed E-state index contributed by atoms with van der Waals surface area (Å²) in [7, 11) is 0. The molecule has 21 heavy (non-hydrogen) atoms. The maximum atomic E-state index is 12.2. The molecule has 1 unspecified atom stereocenters. The monoisotopic (exact) mass is 307 g/mol. The van der Waals surface area contributed by atoms with E-state index in [-0.39, 0.29) is 18.4 Å². The lowest BCUT2D eigenvalue weighted by Gasteiger charge is -2.23. The van der Waals surface area contributed by atoms with Gasteiger partial charge >= 0.3 is 5.97 Å². The highest BCUT2D eigenvalue weighted by Gasteiger charge is 2.29. The molecule has 1 saturated heterocycles. The van der Waals surface area contributed by atoms with Crippen molar-refractivity contribution in [1.82, 2.24) is 4.90 Å². The fourth-order valence-electron chi connectivity index (χ4n) is 2.65. The van der Waals surface area contributed by atoms with E-state index in [1.165, 1.54) is 5.56 Å². The molecule has 1 aliphatic heterocycles. The number of benzene rings is 1. The number of hydrogen-bond donors (Lipinski definition) is 1. The Morgan fingerprint density at radius 3 is 2.76 bits per heavy atom. The molecule has 1 aromatic rings. The molecule has 5 heteroatoms. The summed E-state index contributed by atoms with van der Waals surface area (Å²) in [6.07, 6.45) is 2.75. The first-order valence-corrected chi connectivity index (χ1v) is 8.45. The van der Waals surface area contributed by atoms with E-state index in [0.29, 0.717) is 12.3 Å². The molecule has 1 aromatic carbocycles. The topological polar surface area (TPSA) is 57.6 Å². The molecular formula is C16H21NO3S. The van der Waals surface area contributed by atoms with Gasteiger partial charge in [-0.2, -0.15) is 11.8 Å². The number of amides is 1. The van der Waals surface area contributed by atoms with Crippen LogP contribution >= 0.6 is 11.8 Å². The van der Waals surface area contributed by atoms with Crippen LogP contribution in [-0.4, -0.2) is 46.0 Å². The van der Waals surface area contributed by atoms with Crippen LogP contribution in [0, 0.1) is 0 Å². The molecule has 1 fully saturated rings. The Labute approximate surface area is 129 Å². The SMILES string of the molecule is O=C(O)CC1CCCN1C(=O)CSCCc1ccccc1. The van der Waals surface area contributed by atoms with Crippen LogP contribution < -0.4 is 0 Å². The minimum atomic E-state index is -0.823. The van der Waals surface area contributed by atoms with Crippen LogP contribution in [-0.2, 0) is 16.0 Å². The van der Waals surface area contributed by atoms with Gasteiger partial charge in [0.25, 0.3) is 0 Å². The molecule has 0 spiro atoms. The van der Waals surface area contributed by atoms with Gasteiger partial charge < -0.3 is 10.0 Å². The van der Waals surface area contributed by atoms with E-state index in [9.17, 15) is 9.59 Å². The molecule has 0 aliphatic carbocycles. The molecule has 1 amide bonds. The van der Waals surface area contributed by atoms with Crippen LogP contribution in [0.25, 0.3) is 0 Å². The first-order chi connectivity index (χ1) is 10.2.